The van der Waals surface area contributed by atoms with E-state index in [-0.39, 0.29) is 11.9 Å². The summed E-state index contributed by atoms with van der Waals surface area (Å²) in [5.74, 6) is 0.0475. The average Bonchev–Trinajstić information content (AvgIpc) is 2.81. The van der Waals surface area contributed by atoms with Crippen LogP contribution in [0.2, 0.25) is 0 Å². The Kier molecular flexibility index (Phi) is 4.15. The molecule has 1 atom stereocenters. The second-order valence-electron chi connectivity index (χ2n) is 4.63. The number of amides is 1. The van der Waals surface area contributed by atoms with Crippen LogP contribution in [0.25, 0.3) is 6.08 Å². The number of hydrogen-bond acceptors (Lipinski definition) is 3. The molecule has 98 valence electrons. The highest BCUT2D eigenvalue weighted by Gasteiger charge is 2.23. The summed E-state index contributed by atoms with van der Waals surface area (Å²) >= 11 is 0. The van der Waals surface area contributed by atoms with Crippen molar-refractivity contribution in [3.63, 3.8) is 0 Å². The first-order valence-electron chi connectivity index (χ1n) is 6.39. The first kappa shape index (κ1) is 12.8. The SMILES string of the molecule is Cn1nccc1/C=C/C(=O)N1CCCCC1CN. The predicted molar refractivity (Wildman–Crippen MR) is 70.6 cm³/mol. The van der Waals surface area contributed by atoms with Gasteiger partial charge in [0, 0.05) is 38.5 Å². The third kappa shape index (κ3) is 2.79. The van der Waals surface area contributed by atoms with Crippen LogP contribution < -0.4 is 5.73 Å². The zero-order chi connectivity index (χ0) is 13.0. The van der Waals surface area contributed by atoms with Crippen molar-refractivity contribution < 1.29 is 4.79 Å². The molecule has 1 aliphatic heterocycles. The second-order valence-corrected chi connectivity index (χ2v) is 4.63. The lowest BCUT2D eigenvalue weighted by molar-refractivity contribution is -0.129. The molecule has 1 aliphatic rings. The molecule has 5 heteroatoms. The number of carbonyl (C=O) groups excluding carboxylic acids is 1. The summed E-state index contributed by atoms with van der Waals surface area (Å²) in [6.07, 6.45) is 8.39. The molecule has 0 radical (unpaired) electrons. The first-order chi connectivity index (χ1) is 8.72. The van der Waals surface area contributed by atoms with E-state index in [1.54, 1.807) is 23.0 Å². The fraction of sp³-hybridized carbons (Fsp3) is 0.538. The summed E-state index contributed by atoms with van der Waals surface area (Å²) in [4.78, 5) is 14.0. The van der Waals surface area contributed by atoms with Gasteiger partial charge in [-0.2, -0.15) is 5.10 Å². The number of nitrogens with two attached hydrogens (primary N) is 1. The van der Waals surface area contributed by atoms with Gasteiger partial charge in [0.2, 0.25) is 5.91 Å². The Labute approximate surface area is 107 Å². The number of carbonyl (C=O) groups is 1. The van der Waals surface area contributed by atoms with Gasteiger partial charge in [-0.3, -0.25) is 9.48 Å². The fourth-order valence-electron chi connectivity index (χ4n) is 2.34. The van der Waals surface area contributed by atoms with Crippen LogP contribution in [0.15, 0.2) is 18.3 Å². The first-order valence-corrected chi connectivity index (χ1v) is 6.39. The number of piperidine rings is 1. The Hall–Kier alpha value is -1.62. The van der Waals surface area contributed by atoms with Crippen molar-refractivity contribution in [2.24, 2.45) is 12.8 Å². The number of likely N-dealkylation sites (tertiary alicyclic amines) is 1. The average molecular weight is 248 g/mol. The van der Waals surface area contributed by atoms with Gasteiger partial charge in [0.1, 0.15) is 0 Å². The smallest absolute Gasteiger partial charge is 0.246 e. The molecular formula is C13H20N4O. The molecule has 2 N–H and O–H groups in total. The van der Waals surface area contributed by atoms with Crippen LogP contribution in [0.5, 0.6) is 0 Å². The third-order valence-corrected chi connectivity index (χ3v) is 3.44. The van der Waals surface area contributed by atoms with E-state index in [2.05, 4.69) is 5.10 Å². The van der Waals surface area contributed by atoms with E-state index in [9.17, 15) is 4.79 Å². The van der Waals surface area contributed by atoms with Gasteiger partial charge in [-0.1, -0.05) is 0 Å². The molecule has 1 fully saturated rings. The van der Waals surface area contributed by atoms with Crippen molar-refractivity contribution in [3.05, 3.63) is 24.0 Å². The van der Waals surface area contributed by atoms with Gasteiger partial charge in [-0.05, 0) is 31.4 Å². The van der Waals surface area contributed by atoms with Gasteiger partial charge in [0.25, 0.3) is 0 Å². The highest BCUT2D eigenvalue weighted by atomic mass is 16.2. The summed E-state index contributed by atoms with van der Waals surface area (Å²) in [6, 6.07) is 2.07. The van der Waals surface area contributed by atoms with Crippen LogP contribution in [-0.4, -0.2) is 39.7 Å². The van der Waals surface area contributed by atoms with E-state index in [0.717, 1.165) is 31.5 Å². The van der Waals surface area contributed by atoms with Crippen LogP contribution >= 0.6 is 0 Å². The van der Waals surface area contributed by atoms with Gasteiger partial charge in [-0.15, -0.1) is 0 Å². The van der Waals surface area contributed by atoms with Gasteiger partial charge in [0.05, 0.1) is 5.69 Å². The zero-order valence-electron chi connectivity index (χ0n) is 10.7. The summed E-state index contributed by atoms with van der Waals surface area (Å²) < 4.78 is 1.74. The largest absolute Gasteiger partial charge is 0.335 e. The van der Waals surface area contributed by atoms with E-state index < -0.39 is 0 Å². The Balaban J connectivity index is 2.02. The number of hydrogen-bond donors (Lipinski definition) is 1. The monoisotopic (exact) mass is 248 g/mol. The lowest BCUT2D eigenvalue weighted by Gasteiger charge is -2.34. The van der Waals surface area contributed by atoms with Gasteiger partial charge >= 0.3 is 0 Å². The number of rotatable bonds is 3. The minimum Gasteiger partial charge on any atom is -0.335 e. The van der Waals surface area contributed by atoms with Crippen molar-refractivity contribution in [2.45, 2.75) is 25.3 Å². The maximum Gasteiger partial charge on any atom is 0.246 e. The van der Waals surface area contributed by atoms with Gasteiger partial charge in [0.15, 0.2) is 0 Å². The van der Waals surface area contributed by atoms with E-state index in [1.807, 2.05) is 18.0 Å². The fourth-order valence-corrected chi connectivity index (χ4v) is 2.34. The molecule has 1 aromatic rings. The highest BCUT2D eigenvalue weighted by Crippen LogP contribution is 2.16. The number of nitrogens with zero attached hydrogens (tertiary/aromatic N) is 3. The minimum atomic E-state index is 0.0475. The lowest BCUT2D eigenvalue weighted by atomic mass is 10.0. The van der Waals surface area contributed by atoms with Crippen LogP contribution in [0.3, 0.4) is 0 Å². The molecule has 2 heterocycles. The van der Waals surface area contributed by atoms with Crippen molar-refractivity contribution >= 4 is 12.0 Å². The molecule has 0 aliphatic carbocycles. The van der Waals surface area contributed by atoms with Crippen LogP contribution in [0, 0.1) is 0 Å². The minimum absolute atomic E-state index is 0.0475. The molecule has 1 unspecified atom stereocenters. The Morgan fingerprint density at radius 1 is 1.61 bits per heavy atom. The maximum atomic E-state index is 12.1. The quantitative estimate of drug-likeness (QED) is 0.804. The standard InChI is InChI=1S/C13H20N4O/c1-16-11(7-8-15-16)5-6-13(18)17-9-3-2-4-12(17)10-14/h5-8,12H,2-4,9-10,14H2,1H3/b6-5+. The second kappa shape index (κ2) is 5.82. The molecule has 5 nitrogen and oxygen atoms in total. The molecule has 1 saturated heterocycles. The van der Waals surface area contributed by atoms with Crippen LogP contribution in [0.4, 0.5) is 0 Å². The van der Waals surface area contributed by atoms with Gasteiger partial charge in [-0.25, -0.2) is 0 Å². The molecule has 0 saturated carbocycles. The lowest BCUT2D eigenvalue weighted by Crippen LogP contribution is -2.46. The molecule has 18 heavy (non-hydrogen) atoms. The molecule has 0 spiro atoms. The summed E-state index contributed by atoms with van der Waals surface area (Å²) in [7, 11) is 1.85. The highest BCUT2D eigenvalue weighted by molar-refractivity contribution is 5.91. The van der Waals surface area contributed by atoms with Crippen molar-refractivity contribution in [2.75, 3.05) is 13.1 Å². The normalized spacial score (nSPS) is 20.6. The van der Waals surface area contributed by atoms with E-state index in [0.29, 0.717) is 6.54 Å². The molecule has 0 bridgehead atoms. The Morgan fingerprint density at radius 2 is 2.44 bits per heavy atom. The maximum absolute atomic E-state index is 12.1. The van der Waals surface area contributed by atoms with Crippen LogP contribution in [0.1, 0.15) is 25.0 Å². The van der Waals surface area contributed by atoms with Crippen LogP contribution in [-0.2, 0) is 11.8 Å². The van der Waals surface area contributed by atoms with E-state index in [1.165, 1.54) is 0 Å². The molecule has 1 aromatic heterocycles. The van der Waals surface area contributed by atoms with E-state index in [4.69, 9.17) is 5.73 Å². The number of aromatic nitrogens is 2. The zero-order valence-corrected chi connectivity index (χ0v) is 10.7. The summed E-state index contributed by atoms with van der Waals surface area (Å²) in [5.41, 5.74) is 6.64. The molecule has 0 aromatic carbocycles. The molecule has 1 amide bonds. The number of aryl methyl sites for hydroxylation is 1. The van der Waals surface area contributed by atoms with Crippen molar-refractivity contribution in [1.29, 1.82) is 0 Å². The Bertz CT molecular complexity index is 438. The van der Waals surface area contributed by atoms with Crippen molar-refractivity contribution in [1.82, 2.24) is 14.7 Å². The van der Waals surface area contributed by atoms with E-state index >= 15 is 0 Å². The van der Waals surface area contributed by atoms with Gasteiger partial charge < -0.3 is 10.6 Å². The molecule has 2 rings (SSSR count). The predicted octanol–water partition coefficient (Wildman–Crippen LogP) is 0.773. The summed E-state index contributed by atoms with van der Waals surface area (Å²) in [6.45, 7) is 1.36. The topological polar surface area (TPSA) is 64.2 Å². The van der Waals surface area contributed by atoms with Crippen molar-refractivity contribution in [3.8, 4) is 0 Å². The Morgan fingerprint density at radius 3 is 3.11 bits per heavy atom. The summed E-state index contributed by atoms with van der Waals surface area (Å²) in [5, 5.41) is 4.06. The molecular weight excluding hydrogens is 228 g/mol. The third-order valence-electron chi connectivity index (χ3n) is 3.44.